The van der Waals surface area contributed by atoms with Crippen molar-refractivity contribution in [1.29, 1.82) is 0 Å². The van der Waals surface area contributed by atoms with E-state index in [1.165, 1.54) is 24.3 Å². The third-order valence-corrected chi connectivity index (χ3v) is 3.58. The quantitative estimate of drug-likeness (QED) is 0.851. The van der Waals surface area contributed by atoms with E-state index in [0.29, 0.717) is 16.3 Å². The molecule has 0 aliphatic rings. The third-order valence-electron chi connectivity index (χ3n) is 3.27. The summed E-state index contributed by atoms with van der Waals surface area (Å²) in [5.41, 5.74) is 0.520. The van der Waals surface area contributed by atoms with Gasteiger partial charge in [-0.2, -0.15) is 0 Å². The molecule has 0 spiro atoms. The van der Waals surface area contributed by atoms with Crippen LogP contribution in [-0.2, 0) is 4.79 Å². The van der Waals surface area contributed by atoms with E-state index in [2.05, 4.69) is 5.32 Å². The molecule has 6 heteroatoms. The summed E-state index contributed by atoms with van der Waals surface area (Å²) in [7, 11) is 0. The van der Waals surface area contributed by atoms with Gasteiger partial charge in [-0.15, -0.1) is 0 Å². The van der Waals surface area contributed by atoms with Gasteiger partial charge in [0.1, 0.15) is 11.6 Å². The highest BCUT2D eigenvalue weighted by molar-refractivity contribution is 6.32. The summed E-state index contributed by atoms with van der Waals surface area (Å²) < 4.78 is 18.2. The summed E-state index contributed by atoms with van der Waals surface area (Å²) in [5, 5.41) is 13.2. The molecule has 2 rings (SSSR count). The van der Waals surface area contributed by atoms with E-state index >= 15 is 0 Å². The Morgan fingerprint density at radius 3 is 2.57 bits per heavy atom. The predicted molar refractivity (Wildman–Crippen MR) is 85.9 cm³/mol. The van der Waals surface area contributed by atoms with E-state index in [9.17, 15) is 14.3 Å². The Morgan fingerprint density at radius 2 is 1.91 bits per heavy atom. The molecule has 0 radical (unpaired) electrons. The molecule has 2 N–H and O–H groups in total. The first-order valence-corrected chi connectivity index (χ1v) is 7.45. The van der Waals surface area contributed by atoms with Crippen molar-refractivity contribution in [2.24, 2.45) is 0 Å². The van der Waals surface area contributed by atoms with Gasteiger partial charge in [-0.25, -0.2) is 4.39 Å². The zero-order valence-corrected chi connectivity index (χ0v) is 13.3. The molecule has 2 unspecified atom stereocenters. The van der Waals surface area contributed by atoms with Crippen molar-refractivity contribution in [3.8, 4) is 5.75 Å². The van der Waals surface area contributed by atoms with Crippen LogP contribution in [0.4, 0.5) is 4.39 Å². The minimum atomic E-state index is -0.945. The highest BCUT2D eigenvalue weighted by atomic mass is 35.5. The van der Waals surface area contributed by atoms with Crippen LogP contribution in [0, 0.1) is 5.82 Å². The summed E-state index contributed by atoms with van der Waals surface area (Å²) in [6.45, 7) is 1.44. The van der Waals surface area contributed by atoms with Gasteiger partial charge < -0.3 is 15.2 Å². The normalized spacial score (nSPS) is 13.2. The number of nitrogens with one attached hydrogen (secondary N) is 1. The highest BCUT2D eigenvalue weighted by Gasteiger charge is 2.18. The Morgan fingerprint density at radius 1 is 1.26 bits per heavy atom. The van der Waals surface area contributed by atoms with E-state index in [4.69, 9.17) is 16.3 Å². The van der Waals surface area contributed by atoms with Gasteiger partial charge in [-0.1, -0.05) is 35.9 Å². The van der Waals surface area contributed by atoms with Crippen LogP contribution in [0.1, 0.15) is 18.6 Å². The lowest BCUT2D eigenvalue weighted by Gasteiger charge is -2.20. The number of hydrogen-bond acceptors (Lipinski definition) is 3. The summed E-state index contributed by atoms with van der Waals surface area (Å²) in [4.78, 5) is 11.9. The van der Waals surface area contributed by atoms with Gasteiger partial charge in [-0.3, -0.25) is 4.79 Å². The van der Waals surface area contributed by atoms with Gasteiger partial charge in [-0.05, 0) is 36.8 Å². The Bertz CT molecular complexity index is 663. The minimum Gasteiger partial charge on any atom is -0.482 e. The molecule has 122 valence electrons. The van der Waals surface area contributed by atoms with E-state index < -0.39 is 18.1 Å². The van der Waals surface area contributed by atoms with E-state index in [0.717, 1.165) is 0 Å². The van der Waals surface area contributed by atoms with Crippen molar-refractivity contribution in [2.45, 2.75) is 19.1 Å². The summed E-state index contributed by atoms with van der Waals surface area (Å²) in [6.07, 6.45) is -0.945. The third kappa shape index (κ3) is 4.94. The lowest BCUT2D eigenvalue weighted by atomic mass is 10.0. The maximum absolute atomic E-state index is 12.9. The highest BCUT2D eigenvalue weighted by Crippen LogP contribution is 2.23. The topological polar surface area (TPSA) is 58.6 Å². The van der Waals surface area contributed by atoms with Crippen LogP contribution in [-0.4, -0.2) is 23.7 Å². The number of carbonyl (C=O) groups excluding carboxylic acids is 1. The average molecular weight is 338 g/mol. The first-order chi connectivity index (χ1) is 11.0. The molecule has 0 bridgehead atoms. The smallest absolute Gasteiger partial charge is 0.258 e. The number of rotatable bonds is 6. The molecule has 0 saturated heterocycles. The van der Waals surface area contributed by atoms with E-state index in [1.54, 1.807) is 31.2 Å². The van der Waals surface area contributed by atoms with E-state index in [-0.39, 0.29) is 12.4 Å². The number of carbonyl (C=O) groups is 1. The Labute approximate surface area is 138 Å². The molecule has 0 aliphatic heterocycles. The number of para-hydroxylation sites is 1. The molecule has 2 aromatic carbocycles. The first-order valence-electron chi connectivity index (χ1n) is 7.07. The molecule has 0 aliphatic carbocycles. The van der Waals surface area contributed by atoms with Gasteiger partial charge in [0.15, 0.2) is 6.61 Å². The largest absolute Gasteiger partial charge is 0.482 e. The SMILES string of the molecule is CC(NC(=O)COc1ccccc1Cl)C(O)c1ccc(F)cc1. The molecular formula is C17H17ClFNO3. The minimum absolute atomic E-state index is 0.218. The number of aliphatic hydroxyl groups is 1. The fourth-order valence-electron chi connectivity index (χ4n) is 2.03. The second kappa shape index (κ2) is 7.94. The summed E-state index contributed by atoms with van der Waals surface area (Å²) >= 11 is 5.93. The number of aliphatic hydroxyl groups excluding tert-OH is 1. The molecule has 0 fully saturated rings. The van der Waals surface area contributed by atoms with Gasteiger partial charge in [0.05, 0.1) is 17.2 Å². The van der Waals surface area contributed by atoms with Crippen LogP contribution in [0.25, 0.3) is 0 Å². The molecule has 23 heavy (non-hydrogen) atoms. The lowest BCUT2D eigenvalue weighted by molar-refractivity contribution is -0.124. The first kappa shape index (κ1) is 17.2. The molecule has 1 amide bonds. The molecule has 4 nitrogen and oxygen atoms in total. The van der Waals surface area contributed by atoms with Crippen molar-refractivity contribution >= 4 is 17.5 Å². The Balaban J connectivity index is 1.87. The zero-order valence-electron chi connectivity index (χ0n) is 12.5. The fraction of sp³-hybridized carbons (Fsp3) is 0.235. The van der Waals surface area contributed by atoms with Crippen LogP contribution in [0.2, 0.25) is 5.02 Å². The molecule has 2 aromatic rings. The number of hydrogen-bond donors (Lipinski definition) is 2. The van der Waals surface area contributed by atoms with Gasteiger partial charge in [0.25, 0.3) is 5.91 Å². The van der Waals surface area contributed by atoms with Crippen LogP contribution in [0.15, 0.2) is 48.5 Å². The van der Waals surface area contributed by atoms with Gasteiger partial charge in [0, 0.05) is 0 Å². The maximum atomic E-state index is 12.9. The second-order valence-corrected chi connectivity index (χ2v) is 5.48. The lowest BCUT2D eigenvalue weighted by Crippen LogP contribution is -2.39. The van der Waals surface area contributed by atoms with Crippen molar-refractivity contribution < 1.29 is 19.0 Å². The fourth-order valence-corrected chi connectivity index (χ4v) is 2.22. The van der Waals surface area contributed by atoms with Crippen molar-refractivity contribution in [3.05, 3.63) is 64.9 Å². The van der Waals surface area contributed by atoms with Crippen molar-refractivity contribution in [1.82, 2.24) is 5.32 Å². The van der Waals surface area contributed by atoms with Gasteiger partial charge >= 0.3 is 0 Å². The number of halogens is 2. The standard InChI is InChI=1S/C17H17ClFNO3/c1-11(17(22)12-6-8-13(19)9-7-12)20-16(21)10-23-15-5-3-2-4-14(15)18/h2-9,11,17,22H,10H2,1H3,(H,20,21). The van der Waals surface area contributed by atoms with Crippen molar-refractivity contribution in [3.63, 3.8) is 0 Å². The summed E-state index contributed by atoms with van der Waals surface area (Å²) in [5.74, 6) is -0.361. The molecule has 0 heterocycles. The summed E-state index contributed by atoms with van der Waals surface area (Å²) in [6, 6.07) is 11.7. The van der Waals surface area contributed by atoms with Crippen LogP contribution in [0.3, 0.4) is 0 Å². The predicted octanol–water partition coefficient (Wildman–Crippen LogP) is 3.10. The molecule has 0 aromatic heterocycles. The van der Waals surface area contributed by atoms with Crippen LogP contribution < -0.4 is 10.1 Å². The second-order valence-electron chi connectivity index (χ2n) is 5.07. The number of ether oxygens (including phenoxy) is 1. The Kier molecular flexibility index (Phi) is 5.96. The number of benzene rings is 2. The molecule has 2 atom stereocenters. The monoisotopic (exact) mass is 337 g/mol. The average Bonchev–Trinajstić information content (AvgIpc) is 2.54. The molecule has 0 saturated carbocycles. The van der Waals surface area contributed by atoms with Gasteiger partial charge in [0.2, 0.25) is 0 Å². The maximum Gasteiger partial charge on any atom is 0.258 e. The molecular weight excluding hydrogens is 321 g/mol. The Hall–Kier alpha value is -2.11. The number of amides is 1. The van der Waals surface area contributed by atoms with Crippen LogP contribution >= 0.6 is 11.6 Å². The van der Waals surface area contributed by atoms with E-state index in [1.807, 2.05) is 0 Å². The van der Waals surface area contributed by atoms with Crippen molar-refractivity contribution in [2.75, 3.05) is 6.61 Å². The zero-order chi connectivity index (χ0) is 16.8. The van der Waals surface area contributed by atoms with Crippen LogP contribution in [0.5, 0.6) is 5.75 Å².